The summed E-state index contributed by atoms with van der Waals surface area (Å²) in [5.41, 5.74) is 0.181. The lowest BCUT2D eigenvalue weighted by atomic mass is 9.98. The molecule has 0 saturated carbocycles. The molecule has 3 aromatic carbocycles. The second-order valence-electron chi connectivity index (χ2n) is 8.78. The molecule has 0 amide bonds. The molecule has 1 aliphatic heterocycles. The van der Waals surface area contributed by atoms with Crippen molar-refractivity contribution in [3.8, 4) is 5.75 Å². The van der Waals surface area contributed by atoms with Gasteiger partial charge in [-0.2, -0.15) is 12.7 Å². The monoisotopic (exact) mass is 646 g/mol. The zero-order valence-corrected chi connectivity index (χ0v) is 22.6. The number of piperidine rings is 1. The van der Waals surface area contributed by atoms with Crippen LogP contribution in [0.2, 0.25) is 0 Å². The summed E-state index contributed by atoms with van der Waals surface area (Å²) in [6.07, 6.45) is 1.25. The van der Waals surface area contributed by atoms with E-state index in [0.29, 0.717) is 29.5 Å². The molecule has 4 rings (SSSR count). The first-order valence-electron chi connectivity index (χ1n) is 11.6. The molecule has 1 heterocycles. The highest BCUT2D eigenvalue weighted by molar-refractivity contribution is 14.1. The molecule has 198 valence electrons. The van der Waals surface area contributed by atoms with Crippen molar-refractivity contribution in [1.82, 2.24) is 9.62 Å². The fourth-order valence-electron chi connectivity index (χ4n) is 4.08. The number of halogens is 4. The zero-order chi connectivity index (χ0) is 26.6. The van der Waals surface area contributed by atoms with E-state index in [1.165, 1.54) is 16.4 Å². The topological polar surface area (TPSA) is 93.7 Å². The Morgan fingerprint density at radius 1 is 0.946 bits per heavy atom. The molecule has 0 bridgehead atoms. The number of phenols is 1. The van der Waals surface area contributed by atoms with Gasteiger partial charge >= 0.3 is 10.2 Å². The standard InChI is InChI=1S/C25H26F3IN4O3S/c26-20-6-8-23(25(24(20)28)31-22-7-3-18(29)13-21(22)27)32-37(35,36)33-11-9-17(10-12-33)15-30-14-16-1-4-19(34)5-2-16/h1-8,13,17,30-32,34H,9-12,14-15H2. The maximum absolute atomic E-state index is 14.7. The van der Waals surface area contributed by atoms with Crippen molar-refractivity contribution in [2.75, 3.05) is 29.7 Å². The third kappa shape index (κ3) is 7.06. The van der Waals surface area contributed by atoms with E-state index in [9.17, 15) is 26.7 Å². The van der Waals surface area contributed by atoms with Crippen molar-refractivity contribution in [1.29, 1.82) is 0 Å². The highest BCUT2D eigenvalue weighted by Crippen LogP contribution is 2.33. The van der Waals surface area contributed by atoms with Gasteiger partial charge in [0.15, 0.2) is 11.6 Å². The van der Waals surface area contributed by atoms with Crippen molar-refractivity contribution >= 4 is 49.9 Å². The summed E-state index contributed by atoms with van der Waals surface area (Å²) in [5, 5.41) is 15.2. The fourth-order valence-corrected chi connectivity index (χ4v) is 5.80. The lowest BCUT2D eigenvalue weighted by Gasteiger charge is -2.31. The van der Waals surface area contributed by atoms with Gasteiger partial charge in [0.05, 0.1) is 11.4 Å². The lowest BCUT2D eigenvalue weighted by molar-refractivity contribution is 0.268. The highest BCUT2D eigenvalue weighted by Gasteiger charge is 2.29. The van der Waals surface area contributed by atoms with Crippen molar-refractivity contribution in [3.05, 3.63) is 81.2 Å². The molecule has 0 unspecified atom stereocenters. The van der Waals surface area contributed by atoms with Gasteiger partial charge in [-0.05, 0) is 95.9 Å². The summed E-state index contributed by atoms with van der Waals surface area (Å²) < 4.78 is 73.3. The predicted molar refractivity (Wildman–Crippen MR) is 145 cm³/mol. The van der Waals surface area contributed by atoms with Gasteiger partial charge in [0.1, 0.15) is 17.3 Å². The highest BCUT2D eigenvalue weighted by atomic mass is 127. The molecule has 0 spiro atoms. The molecule has 0 atom stereocenters. The maximum Gasteiger partial charge on any atom is 0.301 e. The number of benzene rings is 3. The first-order chi connectivity index (χ1) is 17.6. The second kappa shape index (κ2) is 11.9. The van der Waals surface area contributed by atoms with E-state index in [0.717, 1.165) is 17.7 Å². The minimum Gasteiger partial charge on any atom is -0.508 e. The number of nitrogens with one attached hydrogen (secondary N) is 3. The van der Waals surface area contributed by atoms with Crippen LogP contribution in [0.25, 0.3) is 0 Å². The number of phenolic OH excluding ortho intramolecular Hbond substituents is 1. The predicted octanol–water partition coefficient (Wildman–Crippen LogP) is 5.32. The SMILES string of the molecule is O=S(=O)(Nc1ccc(F)c(F)c1Nc1ccc(I)cc1F)N1CCC(CNCc2ccc(O)cc2)CC1. The molecular formula is C25H26F3IN4O3S. The van der Waals surface area contributed by atoms with Crippen molar-refractivity contribution in [3.63, 3.8) is 0 Å². The van der Waals surface area contributed by atoms with Crippen LogP contribution in [0.5, 0.6) is 5.75 Å². The van der Waals surface area contributed by atoms with Crippen molar-refractivity contribution < 1.29 is 26.7 Å². The van der Waals surface area contributed by atoms with Crippen LogP contribution in [0.3, 0.4) is 0 Å². The number of anilines is 3. The van der Waals surface area contributed by atoms with Crippen LogP contribution in [0.1, 0.15) is 18.4 Å². The van der Waals surface area contributed by atoms with Gasteiger partial charge in [0, 0.05) is 23.2 Å². The minimum atomic E-state index is -4.07. The van der Waals surface area contributed by atoms with Crippen LogP contribution >= 0.6 is 22.6 Å². The average Bonchev–Trinajstić information content (AvgIpc) is 2.86. The van der Waals surface area contributed by atoms with E-state index in [2.05, 4.69) is 15.4 Å². The number of nitrogens with zero attached hydrogens (tertiary/aromatic N) is 1. The van der Waals surface area contributed by atoms with E-state index < -0.39 is 33.3 Å². The second-order valence-corrected chi connectivity index (χ2v) is 11.7. The van der Waals surface area contributed by atoms with Crippen LogP contribution in [-0.4, -0.2) is 37.5 Å². The number of hydrogen-bond donors (Lipinski definition) is 4. The number of rotatable bonds is 9. The molecule has 1 fully saturated rings. The van der Waals surface area contributed by atoms with Crippen LogP contribution in [0.4, 0.5) is 30.2 Å². The van der Waals surface area contributed by atoms with Gasteiger partial charge in [-0.15, -0.1) is 0 Å². The largest absolute Gasteiger partial charge is 0.508 e. The summed E-state index contributed by atoms with van der Waals surface area (Å²) in [4.78, 5) is 0. The quantitative estimate of drug-likeness (QED) is 0.237. The first kappa shape index (κ1) is 27.5. The molecule has 0 radical (unpaired) electrons. The summed E-state index contributed by atoms with van der Waals surface area (Å²) >= 11 is 1.92. The smallest absolute Gasteiger partial charge is 0.301 e. The van der Waals surface area contributed by atoms with E-state index in [-0.39, 0.29) is 36.1 Å². The summed E-state index contributed by atoms with van der Waals surface area (Å²) in [5.74, 6) is -2.73. The van der Waals surface area contributed by atoms with Crippen molar-refractivity contribution in [2.45, 2.75) is 19.4 Å². The summed E-state index contributed by atoms with van der Waals surface area (Å²) in [7, 11) is -4.07. The van der Waals surface area contributed by atoms with E-state index >= 15 is 0 Å². The Hall–Kier alpha value is -2.55. The molecule has 1 saturated heterocycles. The molecule has 1 aliphatic rings. The Labute approximate surface area is 227 Å². The third-order valence-electron chi connectivity index (χ3n) is 6.14. The molecule has 4 N–H and O–H groups in total. The Balaban J connectivity index is 1.38. The van der Waals surface area contributed by atoms with Gasteiger partial charge in [-0.1, -0.05) is 12.1 Å². The van der Waals surface area contributed by atoms with Gasteiger partial charge in [-0.3, -0.25) is 4.72 Å². The van der Waals surface area contributed by atoms with E-state index in [1.807, 2.05) is 34.7 Å². The third-order valence-corrected chi connectivity index (χ3v) is 8.33. The Kier molecular flexibility index (Phi) is 8.82. The van der Waals surface area contributed by atoms with Gasteiger partial charge < -0.3 is 15.7 Å². The minimum absolute atomic E-state index is 0.119. The van der Waals surface area contributed by atoms with Gasteiger partial charge in [0.25, 0.3) is 0 Å². The zero-order valence-electron chi connectivity index (χ0n) is 19.6. The molecule has 7 nitrogen and oxygen atoms in total. The van der Waals surface area contributed by atoms with Gasteiger partial charge in [-0.25, -0.2) is 13.2 Å². The Bertz CT molecular complexity index is 1350. The molecule has 3 aromatic rings. The fraction of sp³-hybridized carbons (Fsp3) is 0.280. The molecule has 0 aromatic heterocycles. The Morgan fingerprint density at radius 3 is 2.30 bits per heavy atom. The van der Waals surface area contributed by atoms with Gasteiger partial charge in [0.2, 0.25) is 0 Å². The van der Waals surface area contributed by atoms with E-state index in [1.54, 1.807) is 18.2 Å². The Morgan fingerprint density at radius 2 is 1.62 bits per heavy atom. The van der Waals surface area contributed by atoms with E-state index in [4.69, 9.17) is 0 Å². The van der Waals surface area contributed by atoms with Crippen LogP contribution in [-0.2, 0) is 16.8 Å². The maximum atomic E-state index is 14.7. The van der Waals surface area contributed by atoms with Crippen LogP contribution < -0.4 is 15.4 Å². The molecule has 12 heteroatoms. The summed E-state index contributed by atoms with van der Waals surface area (Å²) in [6, 6.07) is 13.0. The number of hydrogen-bond acceptors (Lipinski definition) is 5. The molecule has 0 aliphatic carbocycles. The van der Waals surface area contributed by atoms with Crippen LogP contribution in [0.15, 0.2) is 54.6 Å². The molecular weight excluding hydrogens is 620 g/mol. The number of aromatic hydroxyl groups is 1. The summed E-state index contributed by atoms with van der Waals surface area (Å²) in [6.45, 7) is 1.87. The average molecular weight is 646 g/mol. The normalized spacial score (nSPS) is 15.0. The van der Waals surface area contributed by atoms with Crippen LogP contribution in [0, 0.1) is 26.9 Å². The van der Waals surface area contributed by atoms with Crippen molar-refractivity contribution in [2.24, 2.45) is 5.92 Å². The first-order valence-corrected chi connectivity index (χ1v) is 14.1. The molecule has 37 heavy (non-hydrogen) atoms. The lowest BCUT2D eigenvalue weighted by Crippen LogP contribution is -2.43.